The molecule has 1 atom stereocenters. The van der Waals surface area contributed by atoms with Crippen molar-refractivity contribution in [1.82, 2.24) is 14.8 Å². The summed E-state index contributed by atoms with van der Waals surface area (Å²) in [5, 5.41) is 4.37. The van der Waals surface area contributed by atoms with E-state index in [4.69, 9.17) is 4.99 Å². The molecule has 4 heterocycles. The molecule has 5 rings (SSSR count). The van der Waals surface area contributed by atoms with Crippen LogP contribution in [0.3, 0.4) is 0 Å². The zero-order valence-corrected chi connectivity index (χ0v) is 17.5. The minimum absolute atomic E-state index is 0.0740. The number of hydrogen-bond donors (Lipinski definition) is 0. The maximum absolute atomic E-state index is 12.0. The Labute approximate surface area is 181 Å². The summed E-state index contributed by atoms with van der Waals surface area (Å²) in [5.74, 6) is 1.09. The number of pyridine rings is 1. The Morgan fingerprint density at radius 3 is 2.68 bits per heavy atom. The first-order chi connectivity index (χ1) is 15.3. The highest BCUT2D eigenvalue weighted by molar-refractivity contribution is 5.97. The molecule has 3 aliphatic rings. The molecule has 0 radical (unpaired) electrons. The third-order valence-electron chi connectivity index (χ3n) is 6.23. The molecule has 0 amide bonds. The van der Waals surface area contributed by atoms with Crippen LogP contribution in [0, 0.1) is 4.91 Å². The number of nitrogens with zero attached hydrogens (tertiary/aromatic N) is 6. The fourth-order valence-corrected chi connectivity index (χ4v) is 4.68. The molecule has 2 aromatic rings. The van der Waals surface area contributed by atoms with E-state index in [1.807, 2.05) is 30.5 Å². The molecule has 1 aromatic heterocycles. The van der Waals surface area contributed by atoms with E-state index in [9.17, 15) is 4.91 Å². The van der Waals surface area contributed by atoms with E-state index in [1.165, 1.54) is 0 Å². The third-order valence-corrected chi connectivity index (χ3v) is 6.23. The van der Waals surface area contributed by atoms with Crippen molar-refractivity contribution >= 4 is 28.1 Å². The Kier molecular flexibility index (Phi) is 5.67. The lowest BCUT2D eigenvalue weighted by molar-refractivity contribution is 0.161. The molecule has 0 N–H and O–H groups in total. The maximum atomic E-state index is 12.0. The van der Waals surface area contributed by atoms with Crippen LogP contribution < -0.4 is 0 Å². The Morgan fingerprint density at radius 1 is 1.03 bits per heavy atom. The second-order valence-corrected chi connectivity index (χ2v) is 8.07. The minimum Gasteiger partial charge on any atom is -0.354 e. The van der Waals surface area contributed by atoms with E-state index in [1.54, 1.807) is 6.20 Å². The Bertz CT molecular complexity index is 1090. The average Bonchev–Trinajstić information content (AvgIpc) is 2.85. The highest BCUT2D eigenvalue weighted by atomic mass is 16.3. The molecule has 7 nitrogen and oxygen atoms in total. The van der Waals surface area contributed by atoms with Gasteiger partial charge in [0.2, 0.25) is 0 Å². The predicted molar refractivity (Wildman–Crippen MR) is 125 cm³/mol. The number of aliphatic imine (C=N–C) groups is 2. The number of allylic oxidation sites excluding steroid dienone is 1. The molecular formula is C24H26N6O. The van der Waals surface area contributed by atoms with Crippen LogP contribution in [-0.2, 0) is 0 Å². The van der Waals surface area contributed by atoms with Gasteiger partial charge in [-0.1, -0.05) is 30.4 Å². The van der Waals surface area contributed by atoms with Crippen molar-refractivity contribution in [2.45, 2.75) is 25.3 Å². The topological polar surface area (TPSA) is 73.5 Å². The standard InChI is InChI=1S/C24H26N6O/c31-28-23-19(10-9-18-6-5-13-27-22(18)23)24(20-7-1-3-11-25-20)30-16-14-29(15-17-30)21-8-2-4-12-26-21/h2-3,5-6,8-11,13,24H,1,4,7,12,14-17H2. The normalized spacial score (nSPS) is 20.5. The van der Waals surface area contributed by atoms with Crippen LogP contribution >= 0.6 is 0 Å². The fourth-order valence-electron chi connectivity index (χ4n) is 4.68. The van der Waals surface area contributed by atoms with Crippen molar-refractivity contribution < 1.29 is 0 Å². The van der Waals surface area contributed by atoms with Gasteiger partial charge in [0.05, 0.1) is 11.6 Å². The average molecular weight is 415 g/mol. The maximum Gasteiger partial charge on any atom is 0.139 e. The third kappa shape index (κ3) is 3.93. The summed E-state index contributed by atoms with van der Waals surface area (Å²) in [6, 6.07) is 7.85. The van der Waals surface area contributed by atoms with Crippen LogP contribution in [-0.4, -0.2) is 59.1 Å². The first kappa shape index (κ1) is 19.8. The highest BCUT2D eigenvalue weighted by Crippen LogP contribution is 2.37. The number of nitroso groups, excluding NO2 is 1. The quantitative estimate of drug-likeness (QED) is 0.695. The molecule has 158 valence electrons. The van der Waals surface area contributed by atoms with Gasteiger partial charge in [0.15, 0.2) is 0 Å². The summed E-state index contributed by atoms with van der Waals surface area (Å²) >= 11 is 0. The second-order valence-electron chi connectivity index (χ2n) is 8.07. The lowest BCUT2D eigenvalue weighted by atomic mass is 9.93. The SMILES string of the molecule is O=Nc1c(C(C2=NC=CCC2)N2CCN(C3=NCCC=C3)CC2)ccc2cccnc12. The van der Waals surface area contributed by atoms with E-state index in [-0.39, 0.29) is 6.04 Å². The Hall–Kier alpha value is -3.19. The van der Waals surface area contributed by atoms with Crippen LogP contribution in [0.4, 0.5) is 5.69 Å². The summed E-state index contributed by atoms with van der Waals surface area (Å²) in [6.07, 6.45) is 12.9. The first-order valence-corrected chi connectivity index (χ1v) is 11.0. The number of aromatic nitrogens is 1. The van der Waals surface area contributed by atoms with Gasteiger partial charge < -0.3 is 4.90 Å². The van der Waals surface area contributed by atoms with Gasteiger partial charge in [0, 0.05) is 61.8 Å². The van der Waals surface area contributed by atoms with Crippen LogP contribution in [0.5, 0.6) is 0 Å². The molecule has 7 heteroatoms. The zero-order chi connectivity index (χ0) is 21.0. The largest absolute Gasteiger partial charge is 0.354 e. The lowest BCUT2D eigenvalue weighted by Crippen LogP contribution is -2.51. The van der Waals surface area contributed by atoms with Gasteiger partial charge in [-0.25, -0.2) is 0 Å². The number of hydrogen-bond acceptors (Lipinski definition) is 7. The van der Waals surface area contributed by atoms with Crippen LogP contribution in [0.2, 0.25) is 0 Å². The number of rotatable bonds is 4. The summed E-state index contributed by atoms with van der Waals surface area (Å²) in [5.41, 5.74) is 3.08. The van der Waals surface area contributed by atoms with E-state index in [2.05, 4.69) is 43.2 Å². The summed E-state index contributed by atoms with van der Waals surface area (Å²) in [4.78, 5) is 30.6. The van der Waals surface area contributed by atoms with Gasteiger partial charge in [-0.05, 0) is 36.6 Å². The van der Waals surface area contributed by atoms with E-state index < -0.39 is 0 Å². The van der Waals surface area contributed by atoms with Gasteiger partial charge in [-0.2, -0.15) is 0 Å². The second kappa shape index (κ2) is 8.89. The number of fused-ring (bicyclic) bond motifs is 1. The van der Waals surface area contributed by atoms with Crippen molar-refractivity contribution in [3.8, 4) is 0 Å². The molecular weight excluding hydrogens is 388 g/mol. The van der Waals surface area contributed by atoms with Gasteiger partial charge in [0.25, 0.3) is 0 Å². The number of benzene rings is 1. The number of piperazine rings is 1. The van der Waals surface area contributed by atoms with Gasteiger partial charge >= 0.3 is 0 Å². The van der Waals surface area contributed by atoms with E-state index in [0.717, 1.165) is 74.5 Å². The monoisotopic (exact) mass is 414 g/mol. The summed E-state index contributed by atoms with van der Waals surface area (Å²) in [6.45, 7) is 4.42. The summed E-state index contributed by atoms with van der Waals surface area (Å²) in [7, 11) is 0. The summed E-state index contributed by atoms with van der Waals surface area (Å²) < 4.78 is 0. The van der Waals surface area contributed by atoms with Crippen molar-refractivity contribution in [2.75, 3.05) is 32.7 Å². The molecule has 3 aliphatic heterocycles. The van der Waals surface area contributed by atoms with Crippen LogP contribution in [0.15, 0.2) is 70.1 Å². The number of dihydropyridines is 1. The minimum atomic E-state index is -0.0740. The van der Waals surface area contributed by atoms with Gasteiger partial charge in [0.1, 0.15) is 11.5 Å². The van der Waals surface area contributed by atoms with Crippen molar-refractivity contribution in [2.24, 2.45) is 15.2 Å². The smallest absolute Gasteiger partial charge is 0.139 e. The molecule has 1 saturated heterocycles. The molecule has 0 saturated carbocycles. The van der Waals surface area contributed by atoms with Crippen molar-refractivity contribution in [3.05, 3.63) is 65.4 Å². The molecule has 1 aromatic carbocycles. The lowest BCUT2D eigenvalue weighted by Gasteiger charge is -2.41. The van der Waals surface area contributed by atoms with Crippen molar-refractivity contribution in [3.63, 3.8) is 0 Å². The van der Waals surface area contributed by atoms with Gasteiger partial charge in [-0.15, -0.1) is 4.91 Å². The Balaban J connectivity index is 1.49. The van der Waals surface area contributed by atoms with Crippen LogP contribution in [0.25, 0.3) is 10.9 Å². The van der Waals surface area contributed by atoms with Gasteiger partial charge in [-0.3, -0.25) is 19.9 Å². The highest BCUT2D eigenvalue weighted by Gasteiger charge is 2.32. The Morgan fingerprint density at radius 2 is 1.94 bits per heavy atom. The molecule has 0 aliphatic carbocycles. The van der Waals surface area contributed by atoms with E-state index in [0.29, 0.717) is 11.2 Å². The molecule has 31 heavy (non-hydrogen) atoms. The van der Waals surface area contributed by atoms with Crippen LogP contribution in [0.1, 0.15) is 30.9 Å². The molecule has 0 spiro atoms. The zero-order valence-electron chi connectivity index (χ0n) is 17.5. The molecule has 1 fully saturated rings. The van der Waals surface area contributed by atoms with E-state index >= 15 is 0 Å². The fraction of sp³-hybridized carbons (Fsp3) is 0.375. The molecule has 0 bridgehead atoms. The predicted octanol–water partition coefficient (Wildman–Crippen LogP) is 4.40. The number of amidine groups is 1. The van der Waals surface area contributed by atoms with Crippen molar-refractivity contribution in [1.29, 1.82) is 0 Å². The first-order valence-electron chi connectivity index (χ1n) is 11.0. The molecule has 1 unspecified atom stereocenters.